The molecule has 26 heavy (non-hydrogen) atoms. The first kappa shape index (κ1) is 21.2. The zero-order valence-corrected chi connectivity index (χ0v) is 16.7. The van der Waals surface area contributed by atoms with Crippen molar-refractivity contribution < 1.29 is 9.52 Å². The minimum absolute atomic E-state index is 0. The maximum absolute atomic E-state index is 12.0. The summed E-state index contributed by atoms with van der Waals surface area (Å²) in [5.41, 5.74) is 3.57. The average molecular weight is 401 g/mol. The number of aryl methyl sites for hydroxylation is 2. The molecule has 0 spiro atoms. The Morgan fingerprint density at radius 1 is 1.31 bits per heavy atom. The van der Waals surface area contributed by atoms with Crippen molar-refractivity contribution >= 4 is 35.8 Å². The van der Waals surface area contributed by atoms with Crippen molar-refractivity contribution in [2.24, 2.45) is 11.3 Å². The fourth-order valence-electron chi connectivity index (χ4n) is 4.53. The van der Waals surface area contributed by atoms with Crippen LogP contribution in [-0.2, 0) is 6.54 Å². The zero-order chi connectivity index (χ0) is 16.9. The molecule has 0 aliphatic carbocycles. The van der Waals surface area contributed by atoms with Crippen LogP contribution in [0, 0.1) is 25.2 Å². The summed E-state index contributed by atoms with van der Waals surface area (Å²) in [4.78, 5) is 14.4. The van der Waals surface area contributed by atoms with Crippen LogP contribution in [0.5, 0.6) is 0 Å². The number of nitrogens with one attached hydrogen (secondary N) is 1. The highest BCUT2D eigenvalue weighted by Crippen LogP contribution is 2.39. The minimum atomic E-state index is -0.289. The number of fused-ring (bicyclic) bond motifs is 2. The van der Waals surface area contributed by atoms with E-state index in [-0.39, 0.29) is 42.5 Å². The van der Waals surface area contributed by atoms with Gasteiger partial charge in [-0.05, 0) is 49.1 Å². The Balaban J connectivity index is 0.00000121. The molecule has 1 aromatic carbocycles. The standard InChI is InChI=1S/C19H24N2O3.2ClH/c1-12-3-13(2)18-16(4-12)14(5-17(23)24-18)7-21-8-15-6-20-9-19(15,10-21)11-22;;/h3-5,15,20,22H,6-11H2,1-2H3;2*1H/t15-,19+;;/m0../s1. The fourth-order valence-corrected chi connectivity index (χ4v) is 4.53. The van der Waals surface area contributed by atoms with Crippen LogP contribution in [0.15, 0.2) is 27.4 Å². The van der Waals surface area contributed by atoms with Crippen molar-refractivity contribution in [2.45, 2.75) is 20.4 Å². The first-order valence-corrected chi connectivity index (χ1v) is 8.59. The van der Waals surface area contributed by atoms with Gasteiger partial charge >= 0.3 is 5.63 Å². The second kappa shape index (κ2) is 7.87. The van der Waals surface area contributed by atoms with E-state index in [4.69, 9.17) is 4.42 Å². The Morgan fingerprint density at radius 2 is 2.08 bits per heavy atom. The van der Waals surface area contributed by atoms with E-state index >= 15 is 0 Å². The van der Waals surface area contributed by atoms with Gasteiger partial charge in [0.2, 0.25) is 0 Å². The highest BCUT2D eigenvalue weighted by Gasteiger charge is 2.49. The zero-order valence-electron chi connectivity index (χ0n) is 15.1. The largest absolute Gasteiger partial charge is 0.422 e. The number of aliphatic hydroxyl groups excluding tert-OH is 1. The second-order valence-electron chi connectivity index (χ2n) is 7.57. The number of rotatable bonds is 3. The Bertz CT molecular complexity index is 855. The van der Waals surface area contributed by atoms with Gasteiger partial charge in [0.1, 0.15) is 5.58 Å². The molecule has 2 N–H and O–H groups in total. The van der Waals surface area contributed by atoms with E-state index < -0.39 is 0 Å². The third-order valence-corrected chi connectivity index (χ3v) is 5.72. The fraction of sp³-hybridized carbons (Fsp3) is 0.526. The van der Waals surface area contributed by atoms with Gasteiger partial charge in [-0.2, -0.15) is 0 Å². The average Bonchev–Trinajstić information content (AvgIpc) is 3.05. The lowest BCUT2D eigenvalue weighted by Crippen LogP contribution is -2.35. The number of hydrogen-bond donors (Lipinski definition) is 2. The van der Waals surface area contributed by atoms with Crippen molar-refractivity contribution in [1.82, 2.24) is 10.2 Å². The predicted molar refractivity (Wildman–Crippen MR) is 108 cm³/mol. The van der Waals surface area contributed by atoms with E-state index in [1.165, 1.54) is 5.56 Å². The lowest BCUT2D eigenvalue weighted by molar-refractivity contribution is 0.124. The topological polar surface area (TPSA) is 65.7 Å². The molecule has 0 unspecified atom stereocenters. The summed E-state index contributed by atoms with van der Waals surface area (Å²) in [5, 5.41) is 14.3. The Kier molecular flexibility index (Phi) is 6.41. The molecule has 2 aliphatic rings. The molecule has 0 bridgehead atoms. The number of aliphatic hydroxyl groups is 1. The predicted octanol–water partition coefficient (Wildman–Crippen LogP) is 2.27. The van der Waals surface area contributed by atoms with Crippen LogP contribution < -0.4 is 10.9 Å². The van der Waals surface area contributed by atoms with Gasteiger partial charge in [0.15, 0.2) is 0 Å². The number of benzene rings is 1. The van der Waals surface area contributed by atoms with Crippen LogP contribution in [0.1, 0.15) is 16.7 Å². The molecule has 0 radical (unpaired) electrons. The highest BCUT2D eigenvalue weighted by atomic mass is 35.5. The van der Waals surface area contributed by atoms with Crippen molar-refractivity contribution in [3.05, 3.63) is 45.3 Å². The lowest BCUT2D eigenvalue weighted by atomic mass is 9.82. The van der Waals surface area contributed by atoms with Crippen LogP contribution in [-0.4, -0.2) is 42.8 Å². The Morgan fingerprint density at radius 3 is 2.77 bits per heavy atom. The maximum atomic E-state index is 12.0. The molecule has 2 aromatic rings. The molecular weight excluding hydrogens is 375 g/mol. The summed E-state index contributed by atoms with van der Waals surface area (Å²) in [6.07, 6.45) is 0. The van der Waals surface area contributed by atoms with Crippen LogP contribution in [0.25, 0.3) is 11.0 Å². The van der Waals surface area contributed by atoms with Gasteiger partial charge in [-0.15, -0.1) is 24.8 Å². The summed E-state index contributed by atoms with van der Waals surface area (Å²) in [7, 11) is 0. The number of nitrogens with zero attached hydrogens (tertiary/aromatic N) is 1. The van der Waals surface area contributed by atoms with E-state index in [9.17, 15) is 9.90 Å². The molecule has 4 rings (SSSR count). The Labute approximate surface area is 165 Å². The summed E-state index contributed by atoms with van der Waals surface area (Å²) < 4.78 is 5.44. The highest BCUT2D eigenvalue weighted by molar-refractivity contribution is 5.85. The summed E-state index contributed by atoms with van der Waals surface area (Å²) >= 11 is 0. The quantitative estimate of drug-likeness (QED) is 0.773. The summed E-state index contributed by atoms with van der Waals surface area (Å²) in [6.45, 7) is 8.66. The van der Waals surface area contributed by atoms with Gasteiger partial charge in [0, 0.05) is 43.0 Å². The van der Waals surface area contributed by atoms with Crippen LogP contribution >= 0.6 is 24.8 Å². The Hall–Kier alpha value is -1.11. The van der Waals surface area contributed by atoms with E-state index in [1.54, 1.807) is 6.07 Å². The van der Waals surface area contributed by atoms with Gasteiger partial charge in [-0.3, -0.25) is 4.90 Å². The molecule has 2 atom stereocenters. The second-order valence-corrected chi connectivity index (χ2v) is 7.57. The first-order chi connectivity index (χ1) is 11.5. The van der Waals surface area contributed by atoms with Crippen molar-refractivity contribution in [3.63, 3.8) is 0 Å². The lowest BCUT2D eigenvalue weighted by Gasteiger charge is -2.25. The monoisotopic (exact) mass is 400 g/mol. The SMILES string of the molecule is Cc1cc(C)c2oc(=O)cc(CN3C[C@@H]4CNC[C@]4(CO)C3)c2c1.Cl.Cl. The molecule has 0 amide bonds. The molecule has 2 fully saturated rings. The van der Waals surface area contributed by atoms with Crippen molar-refractivity contribution in [3.8, 4) is 0 Å². The van der Waals surface area contributed by atoms with E-state index in [1.807, 2.05) is 13.0 Å². The molecular formula is C19H26Cl2N2O3. The van der Waals surface area contributed by atoms with Gasteiger partial charge in [0.05, 0.1) is 6.61 Å². The van der Waals surface area contributed by atoms with Gasteiger partial charge in [-0.1, -0.05) is 6.07 Å². The maximum Gasteiger partial charge on any atom is 0.336 e. The van der Waals surface area contributed by atoms with Crippen LogP contribution in [0.4, 0.5) is 0 Å². The van der Waals surface area contributed by atoms with E-state index in [0.29, 0.717) is 11.5 Å². The van der Waals surface area contributed by atoms with Crippen molar-refractivity contribution in [1.29, 1.82) is 0 Å². The summed E-state index contributed by atoms with van der Waals surface area (Å²) in [5.74, 6) is 0.484. The molecule has 0 saturated carbocycles. The molecule has 2 saturated heterocycles. The van der Waals surface area contributed by atoms with E-state index in [2.05, 4.69) is 23.2 Å². The van der Waals surface area contributed by atoms with Gasteiger partial charge in [0.25, 0.3) is 0 Å². The van der Waals surface area contributed by atoms with Crippen LogP contribution in [0.3, 0.4) is 0 Å². The number of likely N-dealkylation sites (tertiary alicyclic amines) is 1. The normalized spacial score (nSPS) is 25.0. The molecule has 7 heteroatoms. The number of halogens is 2. The minimum Gasteiger partial charge on any atom is -0.422 e. The van der Waals surface area contributed by atoms with Gasteiger partial charge < -0.3 is 14.8 Å². The smallest absolute Gasteiger partial charge is 0.336 e. The van der Waals surface area contributed by atoms with E-state index in [0.717, 1.165) is 49.2 Å². The molecule has 1 aromatic heterocycles. The van der Waals surface area contributed by atoms with Crippen molar-refractivity contribution in [2.75, 3.05) is 32.8 Å². The summed E-state index contributed by atoms with van der Waals surface area (Å²) in [6, 6.07) is 5.77. The van der Waals surface area contributed by atoms with Gasteiger partial charge in [-0.25, -0.2) is 4.79 Å². The third-order valence-electron chi connectivity index (χ3n) is 5.72. The number of hydrogen-bond acceptors (Lipinski definition) is 5. The molecule has 144 valence electrons. The molecule has 5 nitrogen and oxygen atoms in total. The van der Waals surface area contributed by atoms with Crippen LogP contribution in [0.2, 0.25) is 0 Å². The first-order valence-electron chi connectivity index (χ1n) is 8.59. The molecule has 2 aliphatic heterocycles. The third kappa shape index (κ3) is 3.51. The molecule has 3 heterocycles.